The molecule has 6 heteroatoms. The van der Waals surface area contributed by atoms with Gasteiger partial charge >= 0.3 is 0 Å². The quantitative estimate of drug-likeness (QED) is 0.427. The van der Waals surface area contributed by atoms with Crippen LogP contribution in [0.3, 0.4) is 0 Å². The van der Waals surface area contributed by atoms with Gasteiger partial charge in [-0.1, -0.05) is 19.1 Å². The van der Waals surface area contributed by atoms with Crippen molar-refractivity contribution >= 4 is 54.5 Å². The van der Waals surface area contributed by atoms with Crippen molar-refractivity contribution in [2.75, 3.05) is 0 Å². The van der Waals surface area contributed by atoms with Gasteiger partial charge in [0.15, 0.2) is 5.00 Å². The van der Waals surface area contributed by atoms with Gasteiger partial charge in [0.1, 0.15) is 11.4 Å². The van der Waals surface area contributed by atoms with E-state index in [1.165, 1.54) is 11.5 Å². The van der Waals surface area contributed by atoms with Gasteiger partial charge in [0.2, 0.25) is 0 Å². The molecule has 0 spiro atoms. The Morgan fingerprint density at radius 1 is 1.12 bits per heavy atom. The van der Waals surface area contributed by atoms with Crippen LogP contribution in [0.25, 0.3) is 21.0 Å². The molecule has 2 aromatic heterocycles. The van der Waals surface area contributed by atoms with Crippen LogP contribution in [-0.4, -0.2) is 9.48 Å². The Bertz CT molecular complexity index is 1080. The number of aryl methyl sites for hydroxylation is 2. The number of rotatable bonds is 3. The average Bonchev–Trinajstić information content (AvgIpc) is 3.17. The molecule has 0 atom stereocenters. The second kappa shape index (κ2) is 5.96. The number of phenolic OH excluding ortho intramolecular Hbond substituents is 1. The number of phenols is 1. The van der Waals surface area contributed by atoms with Crippen molar-refractivity contribution in [1.29, 1.82) is 0 Å². The standard InChI is InChI=1S/C18H15N3OS2/c1-3-11-9-15(22)13-8-10(2)23-17(13)16(11)19-20-18-12-6-4-5-7-14(12)21-24-18/h4-9,22H,3H2,1-2H3. The molecule has 24 heavy (non-hydrogen) atoms. The monoisotopic (exact) mass is 353 g/mol. The molecule has 0 radical (unpaired) electrons. The first-order chi connectivity index (χ1) is 11.7. The zero-order valence-corrected chi connectivity index (χ0v) is 14.9. The van der Waals surface area contributed by atoms with E-state index >= 15 is 0 Å². The molecule has 4 rings (SSSR count). The predicted molar refractivity (Wildman–Crippen MR) is 101 cm³/mol. The molecular weight excluding hydrogens is 338 g/mol. The summed E-state index contributed by atoms with van der Waals surface area (Å²) in [5.41, 5.74) is 2.79. The first-order valence-electron chi connectivity index (χ1n) is 7.68. The largest absolute Gasteiger partial charge is 0.507 e. The second-order valence-corrected chi connectivity index (χ2v) is 7.57. The minimum absolute atomic E-state index is 0.313. The molecular formula is C18H15N3OS2. The number of aromatic nitrogens is 1. The maximum Gasteiger partial charge on any atom is 0.166 e. The van der Waals surface area contributed by atoms with Crippen LogP contribution in [0.2, 0.25) is 0 Å². The topological polar surface area (TPSA) is 57.8 Å². The highest BCUT2D eigenvalue weighted by Crippen LogP contribution is 2.42. The van der Waals surface area contributed by atoms with E-state index in [-0.39, 0.29) is 0 Å². The highest BCUT2D eigenvalue weighted by Gasteiger charge is 2.14. The van der Waals surface area contributed by atoms with Crippen LogP contribution >= 0.6 is 22.9 Å². The molecule has 4 nitrogen and oxygen atoms in total. The molecule has 0 saturated heterocycles. The summed E-state index contributed by atoms with van der Waals surface area (Å²) in [6.45, 7) is 4.09. The molecule has 0 unspecified atom stereocenters. The van der Waals surface area contributed by atoms with Crippen LogP contribution in [0.5, 0.6) is 5.75 Å². The van der Waals surface area contributed by atoms with Gasteiger partial charge < -0.3 is 5.11 Å². The fourth-order valence-electron chi connectivity index (χ4n) is 2.76. The summed E-state index contributed by atoms with van der Waals surface area (Å²) in [5.74, 6) is 0.313. The summed E-state index contributed by atoms with van der Waals surface area (Å²) in [4.78, 5) is 1.15. The van der Waals surface area contributed by atoms with E-state index in [1.807, 2.05) is 37.3 Å². The van der Waals surface area contributed by atoms with E-state index < -0.39 is 0 Å². The van der Waals surface area contributed by atoms with Gasteiger partial charge in [-0.2, -0.15) is 4.37 Å². The molecule has 4 aromatic rings. The normalized spacial score (nSPS) is 11.9. The van der Waals surface area contributed by atoms with Crippen LogP contribution in [0.1, 0.15) is 17.4 Å². The predicted octanol–water partition coefficient (Wildman–Crippen LogP) is 6.50. The summed E-state index contributed by atoms with van der Waals surface area (Å²) in [7, 11) is 0. The number of azo groups is 1. The maximum atomic E-state index is 10.2. The average molecular weight is 353 g/mol. The Labute approximate surface area is 147 Å². The number of nitrogens with zero attached hydrogens (tertiary/aromatic N) is 3. The van der Waals surface area contributed by atoms with E-state index in [1.54, 1.807) is 17.4 Å². The zero-order valence-electron chi connectivity index (χ0n) is 13.3. The van der Waals surface area contributed by atoms with Crippen LogP contribution in [0, 0.1) is 6.92 Å². The number of hydrogen-bond donors (Lipinski definition) is 1. The van der Waals surface area contributed by atoms with Gasteiger partial charge in [0.25, 0.3) is 0 Å². The molecule has 1 N–H and O–H groups in total. The molecule has 0 amide bonds. The van der Waals surface area contributed by atoms with Gasteiger partial charge in [0, 0.05) is 15.6 Å². The lowest BCUT2D eigenvalue weighted by Gasteiger charge is -2.05. The number of fused-ring (bicyclic) bond motifs is 2. The van der Waals surface area contributed by atoms with Gasteiger partial charge in [0.05, 0.1) is 10.2 Å². The molecule has 0 aliphatic heterocycles. The lowest BCUT2D eigenvalue weighted by atomic mass is 10.1. The van der Waals surface area contributed by atoms with Crippen molar-refractivity contribution in [1.82, 2.24) is 4.37 Å². The van der Waals surface area contributed by atoms with E-state index in [0.717, 1.165) is 48.5 Å². The van der Waals surface area contributed by atoms with Crippen LogP contribution in [0.15, 0.2) is 46.6 Å². The molecule has 2 heterocycles. The van der Waals surface area contributed by atoms with Crippen LogP contribution in [0.4, 0.5) is 10.7 Å². The summed E-state index contributed by atoms with van der Waals surface area (Å²) in [6, 6.07) is 11.7. The first kappa shape index (κ1) is 15.2. The Morgan fingerprint density at radius 2 is 1.96 bits per heavy atom. The fraction of sp³-hybridized carbons (Fsp3) is 0.167. The number of aromatic hydroxyl groups is 1. The van der Waals surface area contributed by atoms with E-state index in [0.29, 0.717) is 5.75 Å². The van der Waals surface area contributed by atoms with Crippen molar-refractivity contribution in [2.24, 2.45) is 10.2 Å². The highest BCUT2D eigenvalue weighted by atomic mass is 32.1. The Hall–Kier alpha value is -2.31. The lowest BCUT2D eigenvalue weighted by Crippen LogP contribution is -1.82. The van der Waals surface area contributed by atoms with Gasteiger partial charge in [-0.15, -0.1) is 21.6 Å². The Kier molecular flexibility index (Phi) is 3.78. The first-order valence-corrected chi connectivity index (χ1v) is 9.27. The molecule has 0 fully saturated rings. The maximum absolute atomic E-state index is 10.2. The van der Waals surface area contributed by atoms with E-state index in [2.05, 4.69) is 21.5 Å². The third-order valence-electron chi connectivity index (χ3n) is 3.95. The summed E-state index contributed by atoms with van der Waals surface area (Å²) < 4.78 is 5.39. The molecule has 0 aliphatic rings. The van der Waals surface area contributed by atoms with Crippen LogP contribution < -0.4 is 0 Å². The second-order valence-electron chi connectivity index (χ2n) is 5.56. The summed E-state index contributed by atoms with van der Waals surface area (Å²) in [5, 5.41) is 21.9. The molecule has 120 valence electrons. The van der Waals surface area contributed by atoms with Crippen molar-refractivity contribution in [3.05, 3.63) is 46.8 Å². The summed E-state index contributed by atoms with van der Waals surface area (Å²) >= 11 is 2.99. The lowest BCUT2D eigenvalue weighted by molar-refractivity contribution is 0.481. The van der Waals surface area contributed by atoms with Crippen molar-refractivity contribution in [3.63, 3.8) is 0 Å². The van der Waals surface area contributed by atoms with Crippen molar-refractivity contribution in [2.45, 2.75) is 20.3 Å². The minimum atomic E-state index is 0.313. The molecule has 0 saturated carbocycles. The van der Waals surface area contributed by atoms with Gasteiger partial charge in [-0.25, -0.2) is 0 Å². The third kappa shape index (κ3) is 2.48. The van der Waals surface area contributed by atoms with E-state index in [9.17, 15) is 5.11 Å². The number of hydrogen-bond acceptors (Lipinski definition) is 6. The van der Waals surface area contributed by atoms with Crippen molar-refractivity contribution in [3.8, 4) is 5.75 Å². The van der Waals surface area contributed by atoms with Gasteiger partial charge in [-0.05, 0) is 54.7 Å². The SMILES string of the molecule is CCc1cc(O)c2cc(C)sc2c1N=Nc1snc2ccccc12. The fourth-order valence-corrected chi connectivity index (χ4v) is 4.49. The molecule has 2 aromatic carbocycles. The highest BCUT2D eigenvalue weighted by molar-refractivity contribution is 7.19. The minimum Gasteiger partial charge on any atom is -0.507 e. The third-order valence-corrected chi connectivity index (χ3v) is 5.77. The Morgan fingerprint density at radius 3 is 2.79 bits per heavy atom. The zero-order chi connectivity index (χ0) is 16.7. The van der Waals surface area contributed by atoms with Crippen molar-refractivity contribution < 1.29 is 5.11 Å². The van der Waals surface area contributed by atoms with E-state index in [4.69, 9.17) is 0 Å². The number of thiophene rings is 1. The van der Waals surface area contributed by atoms with Gasteiger partial charge in [-0.3, -0.25) is 0 Å². The van der Waals surface area contributed by atoms with Crippen LogP contribution in [-0.2, 0) is 6.42 Å². The molecule has 0 aliphatic carbocycles. The summed E-state index contributed by atoms with van der Waals surface area (Å²) in [6.07, 6.45) is 0.790. The molecule has 0 bridgehead atoms. The smallest absolute Gasteiger partial charge is 0.166 e. The number of benzene rings is 2. The Balaban J connectivity index is 1.88.